The summed E-state index contributed by atoms with van der Waals surface area (Å²) < 4.78 is 24.9. The van der Waals surface area contributed by atoms with Crippen LogP contribution in [0.15, 0.2) is 30.6 Å². The molecule has 0 aliphatic heterocycles. The molecule has 1 aromatic carbocycles. The maximum Gasteiger partial charge on any atom is 0.150 e. The van der Waals surface area contributed by atoms with Gasteiger partial charge in [0.1, 0.15) is 9.84 Å². The molecule has 0 amide bonds. The Bertz CT molecular complexity index is 664. The first-order valence-corrected chi connectivity index (χ1v) is 8.70. The zero-order valence-corrected chi connectivity index (χ0v) is 12.5. The van der Waals surface area contributed by atoms with E-state index >= 15 is 0 Å². The van der Waals surface area contributed by atoms with Gasteiger partial charge in [0.2, 0.25) is 0 Å². The van der Waals surface area contributed by atoms with Gasteiger partial charge in [-0.05, 0) is 25.0 Å². The van der Waals surface area contributed by atoms with Crippen molar-refractivity contribution in [2.75, 3.05) is 11.5 Å². The molecule has 0 aliphatic rings. The van der Waals surface area contributed by atoms with Crippen molar-refractivity contribution in [1.29, 1.82) is 0 Å². The van der Waals surface area contributed by atoms with Crippen LogP contribution >= 0.6 is 0 Å². The van der Waals surface area contributed by atoms with Crippen LogP contribution in [-0.2, 0) is 16.4 Å². The van der Waals surface area contributed by atoms with E-state index in [1.807, 2.05) is 28.8 Å². The van der Waals surface area contributed by atoms with E-state index in [1.165, 1.54) is 0 Å². The first-order valence-electron chi connectivity index (χ1n) is 6.87. The molecule has 20 heavy (non-hydrogen) atoms. The second-order valence-corrected chi connectivity index (χ2v) is 7.50. The highest BCUT2D eigenvalue weighted by atomic mass is 32.2. The van der Waals surface area contributed by atoms with E-state index < -0.39 is 9.84 Å². The Morgan fingerprint density at radius 1 is 1.35 bits per heavy atom. The molecular weight excluding hydrogens is 274 g/mol. The molecule has 5 nitrogen and oxygen atoms in total. The van der Waals surface area contributed by atoms with Crippen LogP contribution in [0.5, 0.6) is 0 Å². The number of para-hydroxylation sites is 2. The summed E-state index contributed by atoms with van der Waals surface area (Å²) in [7, 11) is -2.89. The Morgan fingerprint density at radius 3 is 2.85 bits per heavy atom. The number of sulfone groups is 1. The minimum Gasteiger partial charge on any atom is -0.329 e. The lowest BCUT2D eigenvalue weighted by Crippen LogP contribution is -2.26. The molecule has 0 saturated carbocycles. The number of rotatable bonds is 7. The number of hydrogen-bond donors (Lipinski definition) is 1. The fourth-order valence-corrected chi connectivity index (χ4v) is 3.10. The minimum absolute atomic E-state index is 0.0559. The summed E-state index contributed by atoms with van der Waals surface area (Å²) in [4.78, 5) is 4.32. The molecule has 2 aromatic rings. The van der Waals surface area contributed by atoms with Crippen molar-refractivity contribution in [2.45, 2.75) is 32.4 Å². The second-order valence-electron chi connectivity index (χ2n) is 5.02. The van der Waals surface area contributed by atoms with E-state index in [2.05, 4.69) is 4.98 Å². The summed E-state index contributed by atoms with van der Waals surface area (Å²) >= 11 is 0. The lowest BCUT2D eigenvalue weighted by atomic mass is 10.2. The fraction of sp³-hybridized carbons (Fsp3) is 0.500. The van der Waals surface area contributed by atoms with Crippen LogP contribution in [-0.4, -0.2) is 35.5 Å². The van der Waals surface area contributed by atoms with E-state index in [0.717, 1.165) is 11.0 Å². The summed E-state index contributed by atoms with van der Waals surface area (Å²) in [6.07, 6.45) is 3.10. The molecule has 1 atom stereocenters. The molecule has 1 aromatic heterocycles. The summed E-state index contributed by atoms with van der Waals surface area (Å²) in [5, 5.41) is 0. The molecule has 1 heterocycles. The third-order valence-corrected chi connectivity index (χ3v) is 5.22. The zero-order chi connectivity index (χ0) is 14.6. The lowest BCUT2D eigenvalue weighted by Gasteiger charge is -2.13. The number of nitrogens with two attached hydrogens (primary N) is 1. The summed E-state index contributed by atoms with van der Waals surface area (Å²) in [5.74, 6) is 0.427. The number of fused-ring (bicyclic) bond motifs is 1. The van der Waals surface area contributed by atoms with Gasteiger partial charge in [0, 0.05) is 18.3 Å². The predicted molar refractivity (Wildman–Crippen MR) is 81.3 cm³/mol. The molecule has 0 aliphatic carbocycles. The van der Waals surface area contributed by atoms with Gasteiger partial charge in [0.25, 0.3) is 0 Å². The Hall–Kier alpha value is -1.40. The van der Waals surface area contributed by atoms with Crippen molar-refractivity contribution in [3.63, 3.8) is 0 Å². The average Bonchev–Trinajstić information content (AvgIpc) is 2.82. The van der Waals surface area contributed by atoms with Crippen LogP contribution in [0.25, 0.3) is 11.0 Å². The van der Waals surface area contributed by atoms with Gasteiger partial charge < -0.3 is 10.3 Å². The molecule has 1 unspecified atom stereocenters. The van der Waals surface area contributed by atoms with Crippen molar-refractivity contribution in [3.8, 4) is 0 Å². The van der Waals surface area contributed by atoms with Gasteiger partial charge in [-0.25, -0.2) is 13.4 Å². The Labute approximate surface area is 119 Å². The third kappa shape index (κ3) is 3.80. The number of nitrogens with zero attached hydrogens (tertiary/aromatic N) is 2. The van der Waals surface area contributed by atoms with E-state index in [0.29, 0.717) is 19.4 Å². The van der Waals surface area contributed by atoms with E-state index in [-0.39, 0.29) is 17.5 Å². The number of benzene rings is 1. The number of hydrogen-bond acceptors (Lipinski definition) is 4. The van der Waals surface area contributed by atoms with Gasteiger partial charge in [-0.3, -0.25) is 0 Å². The molecule has 0 spiro atoms. The Balaban J connectivity index is 1.90. The standard InChI is InChI=1S/C14H21N3O2S/c1-2-20(18,19)9-5-6-12(15)10-17-11-16-13-7-3-4-8-14(13)17/h3-4,7-8,11-12H,2,5-6,9-10,15H2,1H3. The zero-order valence-electron chi connectivity index (χ0n) is 11.7. The summed E-state index contributed by atoms with van der Waals surface area (Å²) in [6, 6.07) is 7.84. The molecule has 2 N–H and O–H groups in total. The lowest BCUT2D eigenvalue weighted by molar-refractivity contribution is 0.518. The van der Waals surface area contributed by atoms with Gasteiger partial charge in [0.05, 0.1) is 23.1 Å². The molecule has 0 radical (unpaired) electrons. The van der Waals surface area contributed by atoms with E-state index in [4.69, 9.17) is 5.73 Å². The SMILES string of the molecule is CCS(=O)(=O)CCCC(N)Cn1cnc2ccccc21. The largest absolute Gasteiger partial charge is 0.329 e. The van der Waals surface area contributed by atoms with Gasteiger partial charge >= 0.3 is 0 Å². The summed E-state index contributed by atoms with van der Waals surface area (Å²) in [5.41, 5.74) is 8.09. The molecule has 0 fully saturated rings. The van der Waals surface area contributed by atoms with Gasteiger partial charge in [-0.2, -0.15) is 0 Å². The first-order chi connectivity index (χ1) is 9.52. The van der Waals surface area contributed by atoms with Crippen LogP contribution in [0.4, 0.5) is 0 Å². The van der Waals surface area contributed by atoms with Gasteiger partial charge in [-0.15, -0.1) is 0 Å². The first kappa shape index (κ1) is 15.0. The van der Waals surface area contributed by atoms with Crippen LogP contribution in [0.3, 0.4) is 0 Å². The quantitative estimate of drug-likeness (QED) is 0.841. The Kier molecular flexibility index (Phi) is 4.77. The maximum absolute atomic E-state index is 11.4. The highest BCUT2D eigenvalue weighted by molar-refractivity contribution is 7.91. The topological polar surface area (TPSA) is 78.0 Å². The van der Waals surface area contributed by atoms with Crippen molar-refractivity contribution < 1.29 is 8.42 Å². The van der Waals surface area contributed by atoms with Crippen LogP contribution < -0.4 is 5.73 Å². The van der Waals surface area contributed by atoms with Crippen LogP contribution in [0.2, 0.25) is 0 Å². The smallest absolute Gasteiger partial charge is 0.150 e. The van der Waals surface area contributed by atoms with Crippen LogP contribution in [0, 0.1) is 0 Å². The maximum atomic E-state index is 11.4. The van der Waals surface area contributed by atoms with Gasteiger partial charge in [-0.1, -0.05) is 19.1 Å². The molecule has 6 heteroatoms. The van der Waals surface area contributed by atoms with Crippen molar-refractivity contribution in [1.82, 2.24) is 9.55 Å². The van der Waals surface area contributed by atoms with E-state index in [9.17, 15) is 8.42 Å². The monoisotopic (exact) mass is 295 g/mol. The molecule has 2 rings (SSSR count). The predicted octanol–water partition coefficient (Wildman–Crippen LogP) is 1.58. The third-order valence-electron chi connectivity index (χ3n) is 3.43. The van der Waals surface area contributed by atoms with Crippen LogP contribution in [0.1, 0.15) is 19.8 Å². The van der Waals surface area contributed by atoms with Crippen molar-refractivity contribution >= 4 is 20.9 Å². The fourth-order valence-electron chi connectivity index (χ4n) is 2.21. The number of aromatic nitrogens is 2. The highest BCUT2D eigenvalue weighted by Crippen LogP contribution is 2.13. The Morgan fingerprint density at radius 2 is 2.10 bits per heavy atom. The molecular formula is C14H21N3O2S. The molecule has 0 bridgehead atoms. The highest BCUT2D eigenvalue weighted by Gasteiger charge is 2.11. The molecule has 0 saturated heterocycles. The number of imidazole rings is 1. The summed E-state index contributed by atoms with van der Waals surface area (Å²) in [6.45, 7) is 2.33. The van der Waals surface area contributed by atoms with Crippen molar-refractivity contribution in [3.05, 3.63) is 30.6 Å². The molecule has 110 valence electrons. The average molecular weight is 295 g/mol. The minimum atomic E-state index is -2.89. The van der Waals surface area contributed by atoms with Crippen molar-refractivity contribution in [2.24, 2.45) is 5.73 Å². The second kappa shape index (κ2) is 6.37. The van der Waals surface area contributed by atoms with E-state index in [1.54, 1.807) is 13.3 Å². The van der Waals surface area contributed by atoms with Gasteiger partial charge in [0.15, 0.2) is 0 Å². The normalized spacial score (nSPS) is 13.7.